The van der Waals surface area contributed by atoms with Crippen molar-refractivity contribution in [1.82, 2.24) is 10.3 Å². The number of furan rings is 1. The monoisotopic (exact) mass is 273 g/mol. The van der Waals surface area contributed by atoms with Crippen LogP contribution in [0.4, 0.5) is 5.69 Å². The average Bonchev–Trinajstić information content (AvgIpc) is 2.87. The molecule has 5 nitrogen and oxygen atoms in total. The van der Waals surface area contributed by atoms with E-state index >= 15 is 0 Å². The van der Waals surface area contributed by atoms with Gasteiger partial charge in [-0.3, -0.25) is 9.78 Å². The highest BCUT2D eigenvalue weighted by Crippen LogP contribution is 2.14. The van der Waals surface area contributed by atoms with Gasteiger partial charge in [-0.2, -0.15) is 0 Å². The smallest absolute Gasteiger partial charge is 0.270 e. The first-order valence-electron chi connectivity index (χ1n) is 6.49. The lowest BCUT2D eigenvalue weighted by Crippen LogP contribution is -2.27. The van der Waals surface area contributed by atoms with Crippen LogP contribution in [-0.4, -0.2) is 16.4 Å². The molecular formula is C15H19N3O2. The van der Waals surface area contributed by atoms with E-state index in [2.05, 4.69) is 36.4 Å². The summed E-state index contributed by atoms with van der Waals surface area (Å²) >= 11 is 0. The molecule has 5 heteroatoms. The van der Waals surface area contributed by atoms with E-state index < -0.39 is 0 Å². The summed E-state index contributed by atoms with van der Waals surface area (Å²) < 4.78 is 5.16. The SMILES string of the molecule is CC(C)(C)Nc1ccnc(C(=O)NCc2ccco2)c1. The van der Waals surface area contributed by atoms with E-state index in [4.69, 9.17) is 4.42 Å². The van der Waals surface area contributed by atoms with E-state index in [1.807, 2.05) is 12.1 Å². The minimum atomic E-state index is -0.223. The van der Waals surface area contributed by atoms with Crippen molar-refractivity contribution >= 4 is 11.6 Å². The van der Waals surface area contributed by atoms with E-state index in [-0.39, 0.29) is 11.4 Å². The molecule has 2 heterocycles. The van der Waals surface area contributed by atoms with Gasteiger partial charge < -0.3 is 15.1 Å². The van der Waals surface area contributed by atoms with Gasteiger partial charge in [0.15, 0.2) is 0 Å². The number of aromatic nitrogens is 1. The van der Waals surface area contributed by atoms with Crippen LogP contribution >= 0.6 is 0 Å². The molecule has 0 saturated heterocycles. The number of pyridine rings is 1. The number of nitrogens with zero attached hydrogens (tertiary/aromatic N) is 1. The van der Waals surface area contributed by atoms with E-state index in [9.17, 15) is 4.79 Å². The maximum Gasteiger partial charge on any atom is 0.270 e. The van der Waals surface area contributed by atoms with Gasteiger partial charge in [0, 0.05) is 17.4 Å². The second-order valence-electron chi connectivity index (χ2n) is 5.57. The minimum Gasteiger partial charge on any atom is -0.467 e. The van der Waals surface area contributed by atoms with Gasteiger partial charge in [-0.25, -0.2) is 0 Å². The Bertz CT molecular complexity index is 571. The van der Waals surface area contributed by atoms with Crippen molar-refractivity contribution in [2.45, 2.75) is 32.9 Å². The van der Waals surface area contributed by atoms with Crippen LogP contribution in [0.25, 0.3) is 0 Å². The molecule has 0 fully saturated rings. The van der Waals surface area contributed by atoms with Gasteiger partial charge >= 0.3 is 0 Å². The Morgan fingerprint density at radius 1 is 1.35 bits per heavy atom. The highest BCUT2D eigenvalue weighted by molar-refractivity contribution is 5.93. The lowest BCUT2D eigenvalue weighted by atomic mass is 10.1. The molecule has 0 aliphatic rings. The quantitative estimate of drug-likeness (QED) is 0.899. The van der Waals surface area contributed by atoms with Crippen molar-refractivity contribution in [3.05, 3.63) is 48.2 Å². The molecule has 0 aromatic carbocycles. The second-order valence-corrected chi connectivity index (χ2v) is 5.57. The first kappa shape index (κ1) is 14.1. The standard InChI is InChI=1S/C15H19N3O2/c1-15(2,3)18-11-6-7-16-13(9-11)14(19)17-10-12-5-4-8-20-12/h4-9H,10H2,1-3H3,(H,16,18)(H,17,19). The molecule has 2 rings (SSSR count). The fourth-order valence-electron chi connectivity index (χ4n) is 1.74. The number of hydrogen-bond donors (Lipinski definition) is 2. The molecule has 0 aliphatic carbocycles. The molecule has 2 aromatic heterocycles. The molecule has 0 spiro atoms. The highest BCUT2D eigenvalue weighted by atomic mass is 16.3. The Balaban J connectivity index is 2.01. The van der Waals surface area contributed by atoms with Crippen LogP contribution in [0.1, 0.15) is 37.0 Å². The summed E-state index contributed by atoms with van der Waals surface area (Å²) in [6.07, 6.45) is 3.20. The fraction of sp³-hybridized carbons (Fsp3) is 0.333. The van der Waals surface area contributed by atoms with Crippen molar-refractivity contribution in [2.75, 3.05) is 5.32 Å². The van der Waals surface area contributed by atoms with Crippen LogP contribution in [0.5, 0.6) is 0 Å². The number of hydrogen-bond acceptors (Lipinski definition) is 4. The zero-order chi connectivity index (χ0) is 14.6. The van der Waals surface area contributed by atoms with Crippen molar-refractivity contribution in [1.29, 1.82) is 0 Å². The number of carbonyl (C=O) groups is 1. The van der Waals surface area contributed by atoms with Crippen LogP contribution in [0.3, 0.4) is 0 Å². The van der Waals surface area contributed by atoms with Crippen molar-refractivity contribution in [3.8, 4) is 0 Å². The van der Waals surface area contributed by atoms with E-state index in [0.717, 1.165) is 5.69 Å². The van der Waals surface area contributed by atoms with Crippen LogP contribution < -0.4 is 10.6 Å². The van der Waals surface area contributed by atoms with Crippen molar-refractivity contribution in [3.63, 3.8) is 0 Å². The van der Waals surface area contributed by atoms with Gasteiger partial charge in [0.2, 0.25) is 0 Å². The topological polar surface area (TPSA) is 67.2 Å². The summed E-state index contributed by atoms with van der Waals surface area (Å²) in [7, 11) is 0. The van der Waals surface area contributed by atoms with Crippen LogP contribution in [-0.2, 0) is 6.54 Å². The Kier molecular flexibility index (Phi) is 4.08. The summed E-state index contributed by atoms with van der Waals surface area (Å²) in [6.45, 7) is 6.53. The first-order chi connectivity index (χ1) is 9.44. The zero-order valence-corrected chi connectivity index (χ0v) is 11.9. The number of rotatable bonds is 4. The van der Waals surface area contributed by atoms with E-state index in [1.165, 1.54) is 0 Å². The molecule has 2 N–H and O–H groups in total. The van der Waals surface area contributed by atoms with Crippen molar-refractivity contribution in [2.24, 2.45) is 0 Å². The largest absolute Gasteiger partial charge is 0.467 e. The summed E-state index contributed by atoms with van der Waals surface area (Å²) in [4.78, 5) is 16.1. The van der Waals surface area contributed by atoms with Crippen LogP contribution in [0.2, 0.25) is 0 Å². The Morgan fingerprint density at radius 2 is 2.15 bits per heavy atom. The molecule has 106 valence electrons. The maximum atomic E-state index is 12.0. The number of anilines is 1. The molecule has 0 radical (unpaired) electrons. The molecule has 0 saturated carbocycles. The molecular weight excluding hydrogens is 254 g/mol. The molecule has 0 bridgehead atoms. The Morgan fingerprint density at radius 3 is 2.80 bits per heavy atom. The van der Waals surface area contributed by atoms with E-state index in [1.54, 1.807) is 24.6 Å². The molecule has 1 amide bonds. The molecule has 2 aromatic rings. The number of amides is 1. The summed E-state index contributed by atoms with van der Waals surface area (Å²) in [5, 5.41) is 6.08. The normalized spacial score (nSPS) is 11.2. The summed E-state index contributed by atoms with van der Waals surface area (Å²) in [6, 6.07) is 7.18. The number of carbonyl (C=O) groups excluding carboxylic acids is 1. The van der Waals surface area contributed by atoms with Crippen LogP contribution in [0, 0.1) is 0 Å². The van der Waals surface area contributed by atoms with Gasteiger partial charge in [-0.1, -0.05) is 0 Å². The van der Waals surface area contributed by atoms with Crippen LogP contribution in [0.15, 0.2) is 41.1 Å². The fourth-order valence-corrected chi connectivity index (χ4v) is 1.74. The molecule has 0 unspecified atom stereocenters. The molecule has 0 aliphatic heterocycles. The van der Waals surface area contributed by atoms with Gasteiger partial charge in [0.05, 0.1) is 12.8 Å². The summed E-state index contributed by atoms with van der Waals surface area (Å²) in [5.74, 6) is 0.487. The van der Waals surface area contributed by atoms with E-state index in [0.29, 0.717) is 18.0 Å². The predicted octanol–water partition coefficient (Wildman–Crippen LogP) is 2.82. The highest BCUT2D eigenvalue weighted by Gasteiger charge is 2.12. The molecule has 0 atom stereocenters. The average molecular weight is 273 g/mol. The van der Waals surface area contributed by atoms with Gasteiger partial charge in [0.1, 0.15) is 11.5 Å². The zero-order valence-electron chi connectivity index (χ0n) is 11.9. The third-order valence-electron chi connectivity index (χ3n) is 2.52. The lowest BCUT2D eigenvalue weighted by molar-refractivity contribution is 0.0943. The number of nitrogens with one attached hydrogen (secondary N) is 2. The molecule has 20 heavy (non-hydrogen) atoms. The maximum absolute atomic E-state index is 12.0. The lowest BCUT2D eigenvalue weighted by Gasteiger charge is -2.22. The minimum absolute atomic E-state index is 0.0662. The predicted molar refractivity (Wildman–Crippen MR) is 77.5 cm³/mol. The van der Waals surface area contributed by atoms with Gasteiger partial charge in [0.25, 0.3) is 5.91 Å². The Hall–Kier alpha value is -2.30. The Labute approximate surface area is 118 Å². The van der Waals surface area contributed by atoms with Crippen molar-refractivity contribution < 1.29 is 9.21 Å². The first-order valence-corrected chi connectivity index (χ1v) is 6.49. The summed E-state index contributed by atoms with van der Waals surface area (Å²) in [5.41, 5.74) is 1.19. The van der Waals surface area contributed by atoms with Gasteiger partial charge in [-0.15, -0.1) is 0 Å². The third kappa shape index (κ3) is 4.12. The third-order valence-corrected chi connectivity index (χ3v) is 2.52. The van der Waals surface area contributed by atoms with Gasteiger partial charge in [-0.05, 0) is 45.0 Å². The second kappa shape index (κ2) is 5.77.